The van der Waals surface area contributed by atoms with E-state index in [9.17, 15) is 19.5 Å². The molecule has 0 radical (unpaired) electrons. The predicted molar refractivity (Wildman–Crippen MR) is 61.5 cm³/mol. The van der Waals surface area contributed by atoms with Crippen molar-refractivity contribution in [3.05, 3.63) is 29.8 Å². The quantitative estimate of drug-likeness (QED) is 0.801. The highest BCUT2D eigenvalue weighted by Gasteiger charge is 2.29. The fraction of sp³-hybridized carbons (Fsp3) is 0.250. The fourth-order valence-corrected chi connectivity index (χ4v) is 1.55. The van der Waals surface area contributed by atoms with Crippen LogP contribution >= 0.6 is 0 Å². The van der Waals surface area contributed by atoms with Crippen LogP contribution in [-0.4, -0.2) is 47.7 Å². The Bertz CT molecular complexity index is 527. The van der Waals surface area contributed by atoms with Crippen molar-refractivity contribution < 1.29 is 29.0 Å². The molecule has 1 N–H and O–H groups in total. The number of ether oxygens (including phenoxy) is 2. The van der Waals surface area contributed by atoms with Crippen LogP contribution in [0.2, 0.25) is 0 Å². The van der Waals surface area contributed by atoms with Crippen molar-refractivity contribution in [1.82, 2.24) is 4.90 Å². The third kappa shape index (κ3) is 2.82. The normalized spacial score (nSPS) is 14.1. The number of esters is 1. The van der Waals surface area contributed by atoms with Crippen molar-refractivity contribution in [2.45, 2.75) is 0 Å². The van der Waals surface area contributed by atoms with Gasteiger partial charge in [0.15, 0.2) is 6.61 Å². The molecule has 19 heavy (non-hydrogen) atoms. The number of hydrogen-bond acceptors (Lipinski definition) is 6. The Kier molecular flexibility index (Phi) is 3.65. The zero-order valence-electron chi connectivity index (χ0n) is 9.87. The third-order valence-corrected chi connectivity index (χ3v) is 2.51. The second kappa shape index (κ2) is 5.38. The van der Waals surface area contributed by atoms with E-state index < -0.39 is 24.6 Å². The summed E-state index contributed by atoms with van der Waals surface area (Å²) in [7, 11) is 0. The molecule has 100 valence electrons. The van der Waals surface area contributed by atoms with Gasteiger partial charge in [0, 0.05) is 0 Å². The van der Waals surface area contributed by atoms with Crippen LogP contribution < -0.4 is 0 Å². The van der Waals surface area contributed by atoms with E-state index in [4.69, 9.17) is 4.74 Å². The van der Waals surface area contributed by atoms with Gasteiger partial charge in [-0.25, -0.2) is 14.5 Å². The topological polar surface area (TPSA) is 93.1 Å². The van der Waals surface area contributed by atoms with Crippen LogP contribution in [0.1, 0.15) is 10.4 Å². The molecule has 1 fully saturated rings. The lowest BCUT2D eigenvalue weighted by atomic mass is 10.2. The molecule has 0 spiro atoms. The van der Waals surface area contributed by atoms with Crippen molar-refractivity contribution in [3.63, 3.8) is 0 Å². The van der Waals surface area contributed by atoms with Crippen LogP contribution in [0.25, 0.3) is 0 Å². The molecular weight excluding hydrogens is 254 g/mol. The van der Waals surface area contributed by atoms with E-state index in [1.165, 1.54) is 12.1 Å². The standard InChI is InChI=1S/C12H11NO6/c14-9-4-2-1-3-8(9)11(16)19-7-10(15)13-5-6-18-12(13)17/h1-4,14H,5-7H2. The molecule has 0 bridgehead atoms. The van der Waals surface area contributed by atoms with E-state index in [0.29, 0.717) is 0 Å². The number of phenolic OH excluding ortho intramolecular Hbond substituents is 1. The average molecular weight is 265 g/mol. The van der Waals surface area contributed by atoms with Crippen molar-refractivity contribution in [3.8, 4) is 5.75 Å². The van der Waals surface area contributed by atoms with Gasteiger partial charge in [0.1, 0.15) is 17.9 Å². The van der Waals surface area contributed by atoms with Gasteiger partial charge in [-0.15, -0.1) is 0 Å². The molecular formula is C12H11NO6. The summed E-state index contributed by atoms with van der Waals surface area (Å²) in [4.78, 5) is 35.1. The molecule has 0 saturated carbocycles. The number of phenols is 1. The number of nitrogens with zero attached hydrogens (tertiary/aromatic N) is 1. The maximum absolute atomic E-state index is 11.6. The minimum absolute atomic E-state index is 0.0423. The number of carbonyl (C=O) groups excluding carboxylic acids is 3. The summed E-state index contributed by atoms with van der Waals surface area (Å²) >= 11 is 0. The fourth-order valence-electron chi connectivity index (χ4n) is 1.55. The van der Waals surface area contributed by atoms with Crippen LogP contribution in [0.4, 0.5) is 4.79 Å². The summed E-state index contributed by atoms with van der Waals surface area (Å²) < 4.78 is 9.32. The summed E-state index contributed by atoms with van der Waals surface area (Å²) in [5, 5.41) is 9.43. The average Bonchev–Trinajstić information content (AvgIpc) is 2.82. The molecule has 1 aromatic rings. The van der Waals surface area contributed by atoms with Gasteiger partial charge in [-0.1, -0.05) is 12.1 Å². The van der Waals surface area contributed by atoms with Crippen LogP contribution in [0.15, 0.2) is 24.3 Å². The molecule has 1 aliphatic heterocycles. The van der Waals surface area contributed by atoms with E-state index in [1.54, 1.807) is 12.1 Å². The van der Waals surface area contributed by atoms with Gasteiger partial charge in [0.05, 0.1) is 6.54 Å². The molecule has 0 unspecified atom stereocenters. The van der Waals surface area contributed by atoms with Crippen LogP contribution in [0.5, 0.6) is 5.75 Å². The molecule has 1 saturated heterocycles. The first-order chi connectivity index (χ1) is 9.09. The first-order valence-corrected chi connectivity index (χ1v) is 5.52. The summed E-state index contributed by atoms with van der Waals surface area (Å²) in [6.45, 7) is -0.300. The van der Waals surface area contributed by atoms with Crippen LogP contribution in [0, 0.1) is 0 Å². The number of para-hydroxylation sites is 1. The third-order valence-electron chi connectivity index (χ3n) is 2.51. The number of cyclic esters (lactones) is 1. The first-order valence-electron chi connectivity index (χ1n) is 5.52. The Morgan fingerprint density at radius 3 is 2.74 bits per heavy atom. The van der Waals surface area contributed by atoms with E-state index >= 15 is 0 Å². The largest absolute Gasteiger partial charge is 0.507 e. The van der Waals surface area contributed by atoms with Crippen molar-refractivity contribution in [2.24, 2.45) is 0 Å². The number of imide groups is 1. The van der Waals surface area contributed by atoms with E-state index in [2.05, 4.69) is 4.74 Å². The Morgan fingerprint density at radius 2 is 2.11 bits per heavy atom. The number of amides is 2. The second-order valence-electron chi connectivity index (χ2n) is 3.75. The SMILES string of the molecule is O=C(OCC(=O)N1CCOC1=O)c1ccccc1O. The second-order valence-corrected chi connectivity index (χ2v) is 3.75. The molecule has 7 nitrogen and oxygen atoms in total. The molecule has 1 aromatic carbocycles. The minimum atomic E-state index is -0.834. The highest BCUT2D eigenvalue weighted by atomic mass is 16.6. The molecule has 2 rings (SSSR count). The van der Waals surface area contributed by atoms with Crippen molar-refractivity contribution in [2.75, 3.05) is 19.8 Å². The lowest BCUT2D eigenvalue weighted by Crippen LogP contribution is -2.35. The lowest BCUT2D eigenvalue weighted by molar-refractivity contribution is -0.131. The Labute approximate surface area is 108 Å². The Morgan fingerprint density at radius 1 is 1.37 bits per heavy atom. The van der Waals surface area contributed by atoms with Crippen LogP contribution in [-0.2, 0) is 14.3 Å². The van der Waals surface area contributed by atoms with Gasteiger partial charge in [-0.05, 0) is 12.1 Å². The van der Waals surface area contributed by atoms with E-state index in [1.807, 2.05) is 0 Å². The summed E-state index contributed by atoms with van der Waals surface area (Å²) in [5.74, 6) is -1.73. The molecule has 1 heterocycles. The number of benzene rings is 1. The Balaban J connectivity index is 1.92. The van der Waals surface area contributed by atoms with Gasteiger partial charge < -0.3 is 14.6 Å². The molecule has 7 heteroatoms. The number of carbonyl (C=O) groups is 3. The zero-order valence-corrected chi connectivity index (χ0v) is 9.87. The monoisotopic (exact) mass is 265 g/mol. The highest BCUT2D eigenvalue weighted by molar-refractivity contribution is 5.97. The van der Waals surface area contributed by atoms with Gasteiger partial charge in [0.2, 0.25) is 0 Å². The van der Waals surface area contributed by atoms with Gasteiger partial charge >= 0.3 is 12.1 Å². The van der Waals surface area contributed by atoms with E-state index in [0.717, 1.165) is 4.90 Å². The summed E-state index contributed by atoms with van der Waals surface area (Å²) in [6.07, 6.45) is -0.747. The molecule has 0 aliphatic carbocycles. The minimum Gasteiger partial charge on any atom is -0.507 e. The first kappa shape index (κ1) is 12.9. The predicted octanol–water partition coefficient (Wildman–Crippen LogP) is 0.528. The summed E-state index contributed by atoms with van der Waals surface area (Å²) in [5.41, 5.74) is -0.0423. The van der Waals surface area contributed by atoms with Gasteiger partial charge in [-0.2, -0.15) is 0 Å². The van der Waals surface area contributed by atoms with Gasteiger partial charge in [0.25, 0.3) is 5.91 Å². The van der Waals surface area contributed by atoms with Crippen molar-refractivity contribution in [1.29, 1.82) is 0 Å². The number of hydrogen-bond donors (Lipinski definition) is 1. The molecule has 0 aromatic heterocycles. The van der Waals surface area contributed by atoms with E-state index in [-0.39, 0.29) is 24.5 Å². The zero-order chi connectivity index (χ0) is 13.8. The number of rotatable bonds is 3. The van der Waals surface area contributed by atoms with Crippen LogP contribution in [0.3, 0.4) is 0 Å². The smallest absolute Gasteiger partial charge is 0.416 e. The molecule has 2 amide bonds. The number of aromatic hydroxyl groups is 1. The Hall–Kier alpha value is -2.57. The summed E-state index contributed by atoms with van der Waals surface area (Å²) in [6, 6.07) is 5.80. The maximum atomic E-state index is 11.6. The lowest BCUT2D eigenvalue weighted by Gasteiger charge is -2.11. The van der Waals surface area contributed by atoms with Crippen molar-refractivity contribution >= 4 is 18.0 Å². The highest BCUT2D eigenvalue weighted by Crippen LogP contribution is 2.16. The molecule has 0 atom stereocenters. The van der Waals surface area contributed by atoms with Gasteiger partial charge in [-0.3, -0.25) is 4.79 Å². The molecule has 1 aliphatic rings. The maximum Gasteiger partial charge on any atom is 0.416 e.